The molecule has 0 aliphatic carbocycles. The van der Waals surface area contributed by atoms with Crippen molar-refractivity contribution in [3.8, 4) is 0 Å². The lowest BCUT2D eigenvalue weighted by Crippen LogP contribution is -2.36. The SMILES string of the molecule is c1ccc2c(c1)NCC2Cc1nc(N2CCOCC2)no1. The van der Waals surface area contributed by atoms with Crippen LogP contribution in [0.5, 0.6) is 0 Å². The van der Waals surface area contributed by atoms with Crippen LogP contribution >= 0.6 is 0 Å². The predicted molar refractivity (Wildman–Crippen MR) is 78.7 cm³/mol. The number of aromatic nitrogens is 2. The van der Waals surface area contributed by atoms with Gasteiger partial charge in [-0.25, -0.2) is 0 Å². The molecule has 1 saturated heterocycles. The van der Waals surface area contributed by atoms with E-state index in [4.69, 9.17) is 9.26 Å². The molecule has 3 heterocycles. The lowest BCUT2D eigenvalue weighted by molar-refractivity contribution is 0.121. The van der Waals surface area contributed by atoms with E-state index >= 15 is 0 Å². The number of benzene rings is 1. The Labute approximate surface area is 123 Å². The molecule has 0 saturated carbocycles. The van der Waals surface area contributed by atoms with Gasteiger partial charge in [-0.15, -0.1) is 0 Å². The van der Waals surface area contributed by atoms with E-state index in [0.29, 0.717) is 17.8 Å². The minimum absolute atomic E-state index is 0.402. The van der Waals surface area contributed by atoms with Crippen molar-refractivity contribution in [2.24, 2.45) is 0 Å². The smallest absolute Gasteiger partial charge is 0.266 e. The number of para-hydroxylation sites is 1. The van der Waals surface area contributed by atoms with Crippen LogP contribution in [0.25, 0.3) is 0 Å². The fourth-order valence-corrected chi connectivity index (χ4v) is 2.97. The summed E-state index contributed by atoms with van der Waals surface area (Å²) in [5.41, 5.74) is 2.55. The Kier molecular flexibility index (Phi) is 3.23. The lowest BCUT2D eigenvalue weighted by Gasteiger charge is -2.24. The first-order valence-corrected chi connectivity index (χ1v) is 7.38. The predicted octanol–water partition coefficient (Wildman–Crippen LogP) is 1.66. The Bertz CT molecular complexity index is 622. The maximum Gasteiger partial charge on any atom is 0.266 e. The molecule has 1 fully saturated rings. The second-order valence-corrected chi connectivity index (χ2v) is 5.46. The molecular weight excluding hydrogens is 268 g/mol. The van der Waals surface area contributed by atoms with Gasteiger partial charge >= 0.3 is 0 Å². The molecule has 21 heavy (non-hydrogen) atoms. The molecule has 2 aliphatic rings. The summed E-state index contributed by atoms with van der Waals surface area (Å²) in [7, 11) is 0. The van der Waals surface area contributed by atoms with E-state index < -0.39 is 0 Å². The summed E-state index contributed by atoms with van der Waals surface area (Å²) >= 11 is 0. The van der Waals surface area contributed by atoms with Crippen LogP contribution < -0.4 is 10.2 Å². The number of rotatable bonds is 3. The van der Waals surface area contributed by atoms with Crippen LogP contribution in [0.15, 0.2) is 28.8 Å². The number of hydrogen-bond donors (Lipinski definition) is 1. The highest BCUT2D eigenvalue weighted by molar-refractivity contribution is 5.57. The number of nitrogens with zero attached hydrogens (tertiary/aromatic N) is 3. The van der Waals surface area contributed by atoms with Crippen molar-refractivity contribution in [3.05, 3.63) is 35.7 Å². The van der Waals surface area contributed by atoms with Crippen LogP contribution in [-0.4, -0.2) is 43.0 Å². The average Bonchev–Trinajstić information content (AvgIpc) is 3.17. The second kappa shape index (κ2) is 5.37. The van der Waals surface area contributed by atoms with Gasteiger partial charge in [0.05, 0.1) is 13.2 Å². The Morgan fingerprint density at radius 1 is 1.24 bits per heavy atom. The number of nitrogens with one attached hydrogen (secondary N) is 1. The van der Waals surface area contributed by atoms with Crippen molar-refractivity contribution in [2.45, 2.75) is 12.3 Å². The molecule has 2 aliphatic heterocycles. The van der Waals surface area contributed by atoms with E-state index in [1.807, 2.05) is 0 Å². The molecule has 1 N–H and O–H groups in total. The summed E-state index contributed by atoms with van der Waals surface area (Å²) in [5, 5.41) is 7.53. The van der Waals surface area contributed by atoms with E-state index in [0.717, 1.165) is 39.3 Å². The van der Waals surface area contributed by atoms with Gasteiger partial charge in [-0.3, -0.25) is 0 Å². The third kappa shape index (κ3) is 2.47. The van der Waals surface area contributed by atoms with Crippen LogP contribution in [-0.2, 0) is 11.2 Å². The maximum atomic E-state index is 5.42. The maximum absolute atomic E-state index is 5.42. The van der Waals surface area contributed by atoms with Crippen LogP contribution in [0, 0.1) is 0 Å². The van der Waals surface area contributed by atoms with E-state index in [1.54, 1.807) is 0 Å². The molecule has 110 valence electrons. The van der Waals surface area contributed by atoms with Gasteiger partial charge in [0.15, 0.2) is 0 Å². The van der Waals surface area contributed by atoms with Crippen LogP contribution in [0.2, 0.25) is 0 Å². The Morgan fingerprint density at radius 3 is 3.00 bits per heavy atom. The van der Waals surface area contributed by atoms with Gasteiger partial charge in [-0.05, 0) is 16.8 Å². The van der Waals surface area contributed by atoms with Crippen molar-refractivity contribution >= 4 is 11.6 Å². The average molecular weight is 286 g/mol. The molecule has 0 bridgehead atoms. The van der Waals surface area contributed by atoms with E-state index in [-0.39, 0.29) is 0 Å². The molecule has 1 unspecified atom stereocenters. The number of anilines is 2. The highest BCUT2D eigenvalue weighted by Gasteiger charge is 2.25. The number of hydrogen-bond acceptors (Lipinski definition) is 6. The van der Waals surface area contributed by atoms with Gasteiger partial charge in [-0.2, -0.15) is 4.98 Å². The zero-order chi connectivity index (χ0) is 14.1. The molecule has 6 nitrogen and oxygen atoms in total. The van der Waals surface area contributed by atoms with Gasteiger partial charge in [-0.1, -0.05) is 18.2 Å². The molecular formula is C15H18N4O2. The van der Waals surface area contributed by atoms with Gasteiger partial charge in [0.2, 0.25) is 5.89 Å². The van der Waals surface area contributed by atoms with Gasteiger partial charge in [0.25, 0.3) is 5.95 Å². The highest BCUT2D eigenvalue weighted by Crippen LogP contribution is 2.33. The molecule has 0 spiro atoms. The summed E-state index contributed by atoms with van der Waals surface area (Å²) in [4.78, 5) is 6.64. The molecule has 0 amide bonds. The quantitative estimate of drug-likeness (QED) is 0.926. The Balaban J connectivity index is 1.47. The summed E-state index contributed by atoms with van der Waals surface area (Å²) in [5.74, 6) is 1.80. The van der Waals surface area contributed by atoms with Crippen LogP contribution in [0.4, 0.5) is 11.6 Å². The molecule has 1 atom stereocenters. The molecule has 0 radical (unpaired) electrons. The number of fused-ring (bicyclic) bond motifs is 1. The monoisotopic (exact) mass is 286 g/mol. The van der Waals surface area contributed by atoms with Crippen LogP contribution in [0.3, 0.4) is 0 Å². The lowest BCUT2D eigenvalue weighted by atomic mass is 9.98. The minimum Gasteiger partial charge on any atom is -0.384 e. The molecule has 6 heteroatoms. The molecule has 2 aromatic rings. The van der Waals surface area contributed by atoms with E-state index in [2.05, 4.69) is 44.6 Å². The zero-order valence-electron chi connectivity index (χ0n) is 11.8. The van der Waals surface area contributed by atoms with Gasteiger partial charge in [0.1, 0.15) is 0 Å². The Hall–Kier alpha value is -2.08. The fourth-order valence-electron chi connectivity index (χ4n) is 2.97. The third-order valence-corrected chi connectivity index (χ3v) is 4.11. The first kappa shape index (κ1) is 12.6. The first-order valence-electron chi connectivity index (χ1n) is 7.38. The molecule has 1 aromatic carbocycles. The van der Waals surface area contributed by atoms with Crippen molar-refractivity contribution in [1.82, 2.24) is 10.1 Å². The third-order valence-electron chi connectivity index (χ3n) is 4.11. The molecule has 1 aromatic heterocycles. The summed E-state index contributed by atoms with van der Waals surface area (Å²) in [6, 6.07) is 8.41. The fraction of sp³-hybridized carbons (Fsp3) is 0.467. The van der Waals surface area contributed by atoms with Crippen molar-refractivity contribution in [3.63, 3.8) is 0 Å². The van der Waals surface area contributed by atoms with Crippen molar-refractivity contribution in [1.29, 1.82) is 0 Å². The molecule has 4 rings (SSSR count). The largest absolute Gasteiger partial charge is 0.384 e. The number of morpholine rings is 1. The zero-order valence-corrected chi connectivity index (χ0v) is 11.8. The van der Waals surface area contributed by atoms with E-state index in [9.17, 15) is 0 Å². The Morgan fingerprint density at radius 2 is 2.10 bits per heavy atom. The van der Waals surface area contributed by atoms with E-state index in [1.165, 1.54) is 11.3 Å². The van der Waals surface area contributed by atoms with Crippen molar-refractivity contribution in [2.75, 3.05) is 43.1 Å². The summed E-state index contributed by atoms with van der Waals surface area (Å²) in [6.07, 6.45) is 0.779. The van der Waals surface area contributed by atoms with Gasteiger partial charge in [0, 0.05) is 37.7 Å². The number of ether oxygens (including phenoxy) is 1. The van der Waals surface area contributed by atoms with Crippen LogP contribution in [0.1, 0.15) is 17.4 Å². The van der Waals surface area contributed by atoms with Crippen molar-refractivity contribution < 1.29 is 9.26 Å². The summed E-state index contributed by atoms with van der Waals surface area (Å²) < 4.78 is 10.8. The summed E-state index contributed by atoms with van der Waals surface area (Å²) in [6.45, 7) is 4.03. The normalized spacial score (nSPS) is 21.1. The highest BCUT2D eigenvalue weighted by atomic mass is 16.5. The standard InChI is InChI=1S/C15H18N4O2/c1-2-4-13-12(3-1)11(10-16-13)9-14-17-15(18-21-14)19-5-7-20-8-6-19/h1-4,11,16H,5-10H2. The first-order chi connectivity index (χ1) is 10.4. The second-order valence-electron chi connectivity index (χ2n) is 5.46. The topological polar surface area (TPSA) is 63.4 Å². The van der Waals surface area contributed by atoms with Gasteiger partial charge < -0.3 is 19.5 Å². The minimum atomic E-state index is 0.402.